The van der Waals surface area contributed by atoms with Crippen LogP contribution >= 0.6 is 0 Å². The van der Waals surface area contributed by atoms with Crippen molar-refractivity contribution in [1.82, 2.24) is 9.96 Å². The fourth-order valence-corrected chi connectivity index (χ4v) is 4.06. The molecule has 0 aliphatic carbocycles. The summed E-state index contributed by atoms with van der Waals surface area (Å²) in [6, 6.07) is 14.7. The number of carbonyl (C=O) groups excluding carboxylic acids is 2. The van der Waals surface area contributed by atoms with Gasteiger partial charge in [-0.1, -0.05) is 56.3 Å². The lowest BCUT2D eigenvalue weighted by molar-refractivity contribution is -0.238. The highest BCUT2D eigenvalue weighted by Gasteiger charge is 2.50. The van der Waals surface area contributed by atoms with E-state index >= 15 is 0 Å². The monoisotopic (exact) mass is 456 g/mol. The van der Waals surface area contributed by atoms with Crippen LogP contribution in [-0.2, 0) is 25.7 Å². The molecule has 1 N–H and O–H groups in total. The van der Waals surface area contributed by atoms with E-state index in [1.807, 2.05) is 44.2 Å². The fraction of sp³-hybridized carbons (Fsp3) is 0.440. The maximum absolute atomic E-state index is 13.5. The Hall–Kier alpha value is -2.78. The van der Waals surface area contributed by atoms with E-state index in [0.717, 1.165) is 10.6 Å². The first-order valence-corrected chi connectivity index (χ1v) is 11.0. The van der Waals surface area contributed by atoms with E-state index in [-0.39, 0.29) is 12.7 Å². The number of hydroxylamine groups is 2. The molecule has 0 spiro atoms. The van der Waals surface area contributed by atoms with Gasteiger partial charge in [-0.15, -0.1) is 5.06 Å². The van der Waals surface area contributed by atoms with E-state index in [0.29, 0.717) is 24.3 Å². The lowest BCUT2D eigenvalue weighted by Gasteiger charge is -2.45. The second-order valence-electron chi connectivity index (χ2n) is 8.47. The molecule has 0 aromatic heterocycles. The van der Waals surface area contributed by atoms with Crippen LogP contribution in [0.15, 0.2) is 54.6 Å². The van der Waals surface area contributed by atoms with Gasteiger partial charge < -0.3 is 14.6 Å². The molecule has 1 aliphatic heterocycles. The Balaban J connectivity index is 2.04. The predicted octanol–water partition coefficient (Wildman–Crippen LogP) is 2.92. The normalized spacial score (nSPS) is 20.4. The molecule has 1 fully saturated rings. The van der Waals surface area contributed by atoms with Crippen LogP contribution < -0.4 is 4.74 Å². The number of aliphatic hydroxyl groups excluding tert-OH is 1. The molecule has 1 heterocycles. The zero-order valence-electron chi connectivity index (χ0n) is 19.5. The summed E-state index contributed by atoms with van der Waals surface area (Å²) in [5, 5.41) is 12.1. The van der Waals surface area contributed by atoms with Crippen molar-refractivity contribution in [2.75, 3.05) is 21.0 Å². The van der Waals surface area contributed by atoms with Gasteiger partial charge in [-0.3, -0.25) is 14.5 Å². The molecule has 33 heavy (non-hydrogen) atoms. The molecule has 2 aromatic carbocycles. The SMILES string of the molecule is COCON1C(=O)C(CC(C)C)N(Cc2ccc(OC)cc2)C(C(O)c2ccccc2)C1=O. The first-order chi connectivity index (χ1) is 15.9. The third kappa shape index (κ3) is 5.78. The summed E-state index contributed by atoms with van der Waals surface area (Å²) in [6.07, 6.45) is -0.666. The van der Waals surface area contributed by atoms with Gasteiger partial charge in [0, 0.05) is 13.7 Å². The quantitative estimate of drug-likeness (QED) is 0.434. The van der Waals surface area contributed by atoms with E-state index < -0.39 is 30.0 Å². The van der Waals surface area contributed by atoms with Gasteiger partial charge in [-0.2, -0.15) is 0 Å². The van der Waals surface area contributed by atoms with Crippen molar-refractivity contribution in [3.63, 3.8) is 0 Å². The zero-order valence-corrected chi connectivity index (χ0v) is 19.5. The summed E-state index contributed by atoms with van der Waals surface area (Å²) in [7, 11) is 3.01. The summed E-state index contributed by atoms with van der Waals surface area (Å²) in [5.41, 5.74) is 1.47. The molecule has 2 aromatic rings. The van der Waals surface area contributed by atoms with Gasteiger partial charge in [0.1, 0.15) is 17.9 Å². The van der Waals surface area contributed by atoms with Gasteiger partial charge in [-0.25, -0.2) is 4.84 Å². The van der Waals surface area contributed by atoms with Crippen molar-refractivity contribution >= 4 is 11.8 Å². The number of benzene rings is 2. The number of hydrogen-bond donors (Lipinski definition) is 1. The van der Waals surface area contributed by atoms with E-state index in [1.165, 1.54) is 7.11 Å². The van der Waals surface area contributed by atoms with Gasteiger partial charge >= 0.3 is 0 Å². The number of piperazine rings is 1. The van der Waals surface area contributed by atoms with Gasteiger partial charge in [0.2, 0.25) is 0 Å². The number of carbonyl (C=O) groups is 2. The van der Waals surface area contributed by atoms with Crippen LogP contribution in [-0.4, -0.2) is 60.0 Å². The number of nitrogens with zero attached hydrogens (tertiary/aromatic N) is 2. The van der Waals surface area contributed by atoms with Crippen LogP contribution in [0.5, 0.6) is 5.75 Å². The van der Waals surface area contributed by atoms with Crippen molar-refractivity contribution in [1.29, 1.82) is 0 Å². The number of hydrogen-bond acceptors (Lipinski definition) is 7. The summed E-state index contributed by atoms with van der Waals surface area (Å²) in [4.78, 5) is 34.0. The lowest BCUT2D eigenvalue weighted by atomic mass is 9.91. The average molecular weight is 457 g/mol. The Labute approximate surface area is 194 Å². The summed E-state index contributed by atoms with van der Waals surface area (Å²) < 4.78 is 10.2. The zero-order chi connectivity index (χ0) is 24.0. The smallest absolute Gasteiger partial charge is 0.274 e. The van der Waals surface area contributed by atoms with Crippen LogP contribution in [0.25, 0.3) is 0 Å². The molecule has 178 valence electrons. The minimum atomic E-state index is -1.16. The molecule has 8 heteroatoms. The molecule has 2 amide bonds. The number of imide groups is 1. The second kappa shape index (κ2) is 11.4. The molecule has 0 radical (unpaired) electrons. The Kier molecular flexibility index (Phi) is 8.57. The third-order valence-electron chi connectivity index (χ3n) is 5.65. The molecule has 1 aliphatic rings. The van der Waals surface area contributed by atoms with Crippen molar-refractivity contribution in [2.45, 2.75) is 45.0 Å². The minimum Gasteiger partial charge on any atom is -0.497 e. The van der Waals surface area contributed by atoms with Crippen molar-refractivity contribution in [3.05, 3.63) is 65.7 Å². The number of aliphatic hydroxyl groups is 1. The van der Waals surface area contributed by atoms with Gasteiger partial charge in [0.05, 0.1) is 13.2 Å². The first kappa shape index (κ1) is 24.9. The topological polar surface area (TPSA) is 88.5 Å². The molecule has 1 saturated heterocycles. The Morgan fingerprint density at radius 3 is 2.21 bits per heavy atom. The highest BCUT2D eigenvalue weighted by Crippen LogP contribution is 2.33. The number of methoxy groups -OCH3 is 2. The molecular weight excluding hydrogens is 424 g/mol. The lowest BCUT2D eigenvalue weighted by Crippen LogP contribution is -2.66. The number of ether oxygens (including phenoxy) is 2. The standard InChI is InChI=1S/C25H32N2O6/c1-17(2)14-21-24(29)27(33-16-31-3)25(30)22(23(28)19-8-6-5-7-9-19)26(21)15-18-10-12-20(32-4)13-11-18/h5-13,17,21-23,28H,14-16H2,1-4H3. The van der Waals surface area contributed by atoms with Crippen molar-refractivity contribution in [2.24, 2.45) is 5.92 Å². The maximum atomic E-state index is 13.5. The maximum Gasteiger partial charge on any atom is 0.274 e. The first-order valence-electron chi connectivity index (χ1n) is 11.0. The number of rotatable bonds is 10. The van der Waals surface area contributed by atoms with Crippen LogP contribution in [0.1, 0.15) is 37.5 Å². The molecule has 8 nitrogen and oxygen atoms in total. The highest BCUT2D eigenvalue weighted by molar-refractivity contribution is 6.02. The summed E-state index contributed by atoms with van der Waals surface area (Å²) in [5.74, 6) is -0.203. The Morgan fingerprint density at radius 2 is 1.64 bits per heavy atom. The van der Waals surface area contributed by atoms with Gasteiger partial charge in [0.15, 0.2) is 6.79 Å². The molecule has 3 unspecified atom stereocenters. The molecule has 3 atom stereocenters. The molecule has 0 saturated carbocycles. The molecule has 3 rings (SSSR count). The van der Waals surface area contributed by atoms with E-state index in [1.54, 1.807) is 36.3 Å². The average Bonchev–Trinajstić information content (AvgIpc) is 2.82. The van der Waals surface area contributed by atoms with E-state index in [9.17, 15) is 14.7 Å². The van der Waals surface area contributed by atoms with Gasteiger partial charge in [0.25, 0.3) is 11.8 Å². The van der Waals surface area contributed by atoms with Crippen LogP contribution in [0.3, 0.4) is 0 Å². The highest BCUT2D eigenvalue weighted by atomic mass is 16.8. The Bertz CT molecular complexity index is 918. The van der Waals surface area contributed by atoms with Gasteiger partial charge in [-0.05, 0) is 35.6 Å². The second-order valence-corrected chi connectivity index (χ2v) is 8.47. The third-order valence-corrected chi connectivity index (χ3v) is 5.65. The summed E-state index contributed by atoms with van der Waals surface area (Å²) in [6.45, 7) is 4.07. The van der Waals surface area contributed by atoms with Crippen molar-refractivity contribution in [3.8, 4) is 5.75 Å². The minimum absolute atomic E-state index is 0.171. The van der Waals surface area contributed by atoms with Crippen LogP contribution in [0.4, 0.5) is 0 Å². The largest absolute Gasteiger partial charge is 0.497 e. The predicted molar refractivity (Wildman–Crippen MR) is 122 cm³/mol. The fourth-order valence-electron chi connectivity index (χ4n) is 4.06. The van der Waals surface area contributed by atoms with E-state index in [2.05, 4.69) is 0 Å². The van der Waals surface area contributed by atoms with E-state index in [4.69, 9.17) is 14.3 Å². The molecular formula is C25H32N2O6. The van der Waals surface area contributed by atoms with Crippen molar-refractivity contribution < 1.29 is 29.0 Å². The molecule has 0 bridgehead atoms. The van der Waals surface area contributed by atoms with Crippen LogP contribution in [0, 0.1) is 5.92 Å². The number of amides is 2. The Morgan fingerprint density at radius 1 is 0.970 bits per heavy atom. The summed E-state index contributed by atoms with van der Waals surface area (Å²) >= 11 is 0. The van der Waals surface area contributed by atoms with Crippen LogP contribution in [0.2, 0.25) is 0 Å².